The van der Waals surface area contributed by atoms with E-state index in [2.05, 4.69) is 9.72 Å². The van der Waals surface area contributed by atoms with E-state index in [4.69, 9.17) is 0 Å². The number of esters is 1. The molecule has 1 atom stereocenters. The smallest absolute Gasteiger partial charge is 0.340 e. The van der Waals surface area contributed by atoms with Crippen LogP contribution in [0.5, 0.6) is 0 Å². The van der Waals surface area contributed by atoms with Crippen LogP contribution in [0.15, 0.2) is 17.1 Å². The van der Waals surface area contributed by atoms with Gasteiger partial charge in [-0.2, -0.15) is 0 Å². The molecule has 0 amide bonds. The molecule has 0 spiro atoms. The fourth-order valence-electron chi connectivity index (χ4n) is 1.28. The number of aliphatic hydroxyl groups is 1. The van der Waals surface area contributed by atoms with Gasteiger partial charge in [-0.25, -0.2) is 4.79 Å². The predicted molar refractivity (Wildman–Crippen MR) is 53.2 cm³/mol. The Morgan fingerprint density at radius 2 is 2.13 bits per heavy atom. The zero-order chi connectivity index (χ0) is 11.4. The van der Waals surface area contributed by atoms with Crippen molar-refractivity contribution in [2.24, 2.45) is 0 Å². The van der Waals surface area contributed by atoms with Gasteiger partial charge in [0.2, 0.25) is 0 Å². The van der Waals surface area contributed by atoms with E-state index in [1.165, 1.54) is 12.3 Å². The number of fused-ring (bicyclic) bond motifs is 1. The second-order valence-electron chi connectivity index (χ2n) is 2.75. The van der Waals surface area contributed by atoms with Crippen LogP contribution < -0.4 is 5.56 Å². The molecule has 82 valence electrons. The Hall–Kier alpha value is -1.62. The van der Waals surface area contributed by atoms with E-state index in [0.29, 0.717) is 11.1 Å². The summed E-state index contributed by atoms with van der Waals surface area (Å²) in [5, 5.41) is 9.33. The summed E-state index contributed by atoms with van der Waals surface area (Å²) in [6.45, 7) is 3.93. The zero-order valence-electron chi connectivity index (χ0n) is 8.61. The maximum Gasteiger partial charge on any atom is 0.340 e. The van der Waals surface area contributed by atoms with Gasteiger partial charge in [0.05, 0.1) is 5.56 Å². The van der Waals surface area contributed by atoms with E-state index in [1.54, 1.807) is 0 Å². The van der Waals surface area contributed by atoms with Crippen LogP contribution in [0, 0.1) is 0 Å². The number of aromatic nitrogens is 1. The molecule has 15 heavy (non-hydrogen) atoms. The van der Waals surface area contributed by atoms with Crippen LogP contribution in [0.1, 0.15) is 31.1 Å². The van der Waals surface area contributed by atoms with E-state index >= 15 is 0 Å². The van der Waals surface area contributed by atoms with E-state index in [9.17, 15) is 14.7 Å². The van der Waals surface area contributed by atoms with Crippen LogP contribution >= 0.6 is 0 Å². The first-order chi connectivity index (χ1) is 7.20. The monoisotopic (exact) mass is 211 g/mol. The number of H-pyrrole nitrogens is 1. The molecule has 5 heteroatoms. The number of carbonyl (C=O) groups is 1. The number of hydrogen-bond donors (Lipinski definition) is 2. The molecule has 0 saturated carbocycles. The first kappa shape index (κ1) is 11.5. The summed E-state index contributed by atoms with van der Waals surface area (Å²) in [6, 6.07) is 1.50. The lowest BCUT2D eigenvalue weighted by Gasteiger charge is -2.19. The molecule has 0 aromatic carbocycles. The summed E-state index contributed by atoms with van der Waals surface area (Å²) in [6.07, 6.45) is 0.0641. The van der Waals surface area contributed by atoms with Gasteiger partial charge in [-0.3, -0.25) is 4.79 Å². The summed E-state index contributed by atoms with van der Waals surface area (Å²) < 4.78 is 4.59. The van der Waals surface area contributed by atoms with Crippen molar-refractivity contribution < 1.29 is 14.6 Å². The Morgan fingerprint density at radius 1 is 1.47 bits per heavy atom. The van der Waals surface area contributed by atoms with E-state index in [1.807, 2.05) is 13.8 Å². The van der Waals surface area contributed by atoms with Crippen LogP contribution in [0.4, 0.5) is 0 Å². The molecular weight excluding hydrogens is 198 g/mol. The standard InChI is InChI=1S/C8H7NO4.C2H6/c10-6-4-1-2-9-7(11)5(4)3-13-8(6)12;1-2/h1-2,6,10H,3H2,(H,9,11);1-2H3. The molecule has 2 N–H and O–H groups in total. The van der Waals surface area contributed by atoms with Gasteiger partial charge in [0.25, 0.3) is 5.56 Å². The Bertz CT molecular complexity index is 410. The van der Waals surface area contributed by atoms with E-state index < -0.39 is 12.1 Å². The molecule has 0 saturated heterocycles. The van der Waals surface area contributed by atoms with Gasteiger partial charge >= 0.3 is 5.97 Å². The maximum absolute atomic E-state index is 11.2. The first-order valence-electron chi connectivity index (χ1n) is 4.75. The van der Waals surface area contributed by atoms with Crippen molar-refractivity contribution in [2.75, 3.05) is 0 Å². The molecule has 1 unspecified atom stereocenters. The van der Waals surface area contributed by atoms with Gasteiger partial charge in [0.15, 0.2) is 6.10 Å². The van der Waals surface area contributed by atoms with Crippen molar-refractivity contribution in [3.05, 3.63) is 33.7 Å². The van der Waals surface area contributed by atoms with Crippen LogP contribution in [-0.4, -0.2) is 16.1 Å². The number of nitrogens with one attached hydrogen (secondary N) is 1. The average Bonchev–Trinajstić information content (AvgIpc) is 2.27. The fourth-order valence-corrected chi connectivity index (χ4v) is 1.28. The predicted octanol–water partition coefficient (Wildman–Crippen LogP) is 0.491. The minimum Gasteiger partial charge on any atom is -0.458 e. The highest BCUT2D eigenvalue weighted by Gasteiger charge is 2.28. The first-order valence-corrected chi connectivity index (χ1v) is 4.75. The normalized spacial score (nSPS) is 18.3. The van der Waals surface area contributed by atoms with Crippen molar-refractivity contribution >= 4 is 5.97 Å². The van der Waals surface area contributed by atoms with Gasteiger partial charge in [-0.05, 0) is 6.07 Å². The second kappa shape index (κ2) is 4.75. The highest BCUT2D eigenvalue weighted by Crippen LogP contribution is 2.21. The average molecular weight is 211 g/mol. The molecule has 2 rings (SSSR count). The number of aromatic amines is 1. The minimum absolute atomic E-state index is 0.0681. The number of carbonyl (C=O) groups excluding carboxylic acids is 1. The molecule has 0 fully saturated rings. The second-order valence-corrected chi connectivity index (χ2v) is 2.75. The Labute approximate surface area is 86.7 Å². The molecular formula is C10H13NO4. The fraction of sp³-hybridized carbons (Fsp3) is 0.400. The topological polar surface area (TPSA) is 79.4 Å². The highest BCUT2D eigenvalue weighted by atomic mass is 16.5. The summed E-state index contributed by atoms with van der Waals surface area (Å²) in [7, 11) is 0. The van der Waals surface area contributed by atoms with Gasteiger partial charge < -0.3 is 14.8 Å². The number of hydrogen-bond acceptors (Lipinski definition) is 4. The summed E-state index contributed by atoms with van der Waals surface area (Å²) in [5.74, 6) is -0.710. The Balaban J connectivity index is 0.000000531. The Morgan fingerprint density at radius 3 is 2.80 bits per heavy atom. The summed E-state index contributed by atoms with van der Waals surface area (Å²) >= 11 is 0. The van der Waals surface area contributed by atoms with Gasteiger partial charge in [-0.1, -0.05) is 13.8 Å². The summed E-state index contributed by atoms with van der Waals surface area (Å²) in [4.78, 5) is 24.5. The molecule has 0 radical (unpaired) electrons. The molecule has 0 bridgehead atoms. The largest absolute Gasteiger partial charge is 0.458 e. The number of pyridine rings is 1. The number of aliphatic hydroxyl groups excluding tert-OH is 1. The summed E-state index contributed by atoms with van der Waals surface area (Å²) in [5.41, 5.74) is 0.318. The van der Waals surface area contributed by atoms with Crippen LogP contribution in [-0.2, 0) is 16.1 Å². The molecule has 5 nitrogen and oxygen atoms in total. The van der Waals surface area contributed by atoms with Crippen molar-refractivity contribution in [3.63, 3.8) is 0 Å². The lowest BCUT2D eigenvalue weighted by atomic mass is 10.0. The third kappa shape index (κ3) is 2.07. The highest BCUT2D eigenvalue weighted by molar-refractivity contribution is 5.78. The van der Waals surface area contributed by atoms with Crippen molar-refractivity contribution in [3.8, 4) is 0 Å². The number of cyclic esters (lactones) is 1. The molecule has 1 aliphatic heterocycles. The lowest BCUT2D eigenvalue weighted by Crippen LogP contribution is -2.28. The van der Waals surface area contributed by atoms with Crippen molar-refractivity contribution in [1.82, 2.24) is 4.98 Å². The van der Waals surface area contributed by atoms with Crippen molar-refractivity contribution in [2.45, 2.75) is 26.6 Å². The third-order valence-electron chi connectivity index (χ3n) is 1.98. The Kier molecular flexibility index (Phi) is 3.62. The molecule has 2 heterocycles. The number of rotatable bonds is 0. The SMILES string of the molecule is CC.O=C1OCc2c(cc[nH]c2=O)C1O. The quantitative estimate of drug-likeness (QED) is 0.612. The van der Waals surface area contributed by atoms with Gasteiger partial charge in [-0.15, -0.1) is 0 Å². The third-order valence-corrected chi connectivity index (χ3v) is 1.98. The molecule has 0 aliphatic carbocycles. The van der Waals surface area contributed by atoms with Crippen LogP contribution in [0.3, 0.4) is 0 Å². The molecule has 1 aromatic rings. The van der Waals surface area contributed by atoms with Gasteiger partial charge in [0, 0.05) is 11.8 Å². The molecule has 1 aromatic heterocycles. The maximum atomic E-state index is 11.2. The van der Waals surface area contributed by atoms with Crippen LogP contribution in [0.25, 0.3) is 0 Å². The zero-order valence-corrected chi connectivity index (χ0v) is 8.61. The van der Waals surface area contributed by atoms with Gasteiger partial charge in [0.1, 0.15) is 6.61 Å². The van der Waals surface area contributed by atoms with E-state index in [0.717, 1.165) is 0 Å². The van der Waals surface area contributed by atoms with Crippen LogP contribution in [0.2, 0.25) is 0 Å². The van der Waals surface area contributed by atoms with E-state index in [-0.39, 0.29) is 12.2 Å². The lowest BCUT2D eigenvalue weighted by molar-refractivity contribution is -0.157. The van der Waals surface area contributed by atoms with Crippen molar-refractivity contribution in [1.29, 1.82) is 0 Å². The molecule has 1 aliphatic rings. The minimum atomic E-state index is -1.33. The number of ether oxygens (including phenoxy) is 1.